The van der Waals surface area contributed by atoms with Crippen LogP contribution in [0, 0.1) is 5.41 Å². The molecular weight excluding hydrogens is 308 g/mol. The van der Waals surface area contributed by atoms with Crippen LogP contribution < -0.4 is 4.72 Å². The second-order valence-corrected chi connectivity index (χ2v) is 8.58. The first kappa shape index (κ1) is 15.2. The number of aliphatic hydroxyl groups excluding tert-OH is 1. The van der Waals surface area contributed by atoms with Crippen molar-refractivity contribution in [2.45, 2.75) is 36.3 Å². The van der Waals surface area contributed by atoms with Crippen molar-refractivity contribution in [2.75, 3.05) is 13.2 Å². The SMILES string of the molecule is O=S(=O)(NCC1(CO)CCCCC1)c1cnc(Cl)s1. The lowest BCUT2D eigenvalue weighted by molar-refractivity contribution is 0.0867. The fourth-order valence-corrected chi connectivity index (χ4v) is 4.87. The number of halogens is 1. The zero-order chi connectivity index (χ0) is 13.9. The molecular formula is C11H17ClN2O3S2. The van der Waals surface area contributed by atoms with Gasteiger partial charge in [-0.3, -0.25) is 0 Å². The number of sulfonamides is 1. The number of nitrogens with zero attached hydrogens (tertiary/aromatic N) is 1. The molecule has 108 valence electrons. The molecule has 1 fully saturated rings. The van der Waals surface area contributed by atoms with Crippen molar-refractivity contribution < 1.29 is 13.5 Å². The van der Waals surface area contributed by atoms with E-state index < -0.39 is 10.0 Å². The summed E-state index contributed by atoms with van der Waals surface area (Å²) in [5.74, 6) is 0. The molecule has 5 nitrogen and oxygen atoms in total. The van der Waals surface area contributed by atoms with E-state index in [0.29, 0.717) is 0 Å². The van der Waals surface area contributed by atoms with Crippen molar-refractivity contribution in [1.29, 1.82) is 0 Å². The molecule has 1 aliphatic rings. The highest BCUT2D eigenvalue weighted by atomic mass is 35.5. The van der Waals surface area contributed by atoms with Crippen molar-refractivity contribution in [3.8, 4) is 0 Å². The normalized spacial score (nSPS) is 19.5. The summed E-state index contributed by atoms with van der Waals surface area (Å²) >= 11 is 6.57. The third kappa shape index (κ3) is 3.66. The smallest absolute Gasteiger partial charge is 0.251 e. The molecule has 0 atom stereocenters. The van der Waals surface area contributed by atoms with Gasteiger partial charge in [-0.25, -0.2) is 18.1 Å². The molecule has 1 saturated carbocycles. The predicted octanol–water partition coefficient (Wildman–Crippen LogP) is 2.02. The van der Waals surface area contributed by atoms with Crippen LogP contribution in [0.4, 0.5) is 0 Å². The zero-order valence-corrected chi connectivity index (χ0v) is 12.8. The highest BCUT2D eigenvalue weighted by Gasteiger charge is 2.33. The van der Waals surface area contributed by atoms with Gasteiger partial charge in [0.05, 0.1) is 6.20 Å². The molecule has 2 N–H and O–H groups in total. The second kappa shape index (κ2) is 6.05. The summed E-state index contributed by atoms with van der Waals surface area (Å²) < 4.78 is 27.0. The van der Waals surface area contributed by atoms with E-state index >= 15 is 0 Å². The zero-order valence-electron chi connectivity index (χ0n) is 10.4. The Balaban J connectivity index is 2.04. The van der Waals surface area contributed by atoms with E-state index in [0.717, 1.165) is 43.4 Å². The van der Waals surface area contributed by atoms with E-state index in [9.17, 15) is 13.5 Å². The second-order valence-electron chi connectivity index (χ2n) is 4.98. The van der Waals surface area contributed by atoms with Crippen LogP contribution in [0.15, 0.2) is 10.4 Å². The topological polar surface area (TPSA) is 79.3 Å². The van der Waals surface area contributed by atoms with Crippen molar-refractivity contribution in [2.24, 2.45) is 5.41 Å². The van der Waals surface area contributed by atoms with Gasteiger partial charge in [0.15, 0.2) is 8.68 Å². The number of thiazole rings is 1. The summed E-state index contributed by atoms with van der Waals surface area (Å²) in [6.07, 6.45) is 6.19. The van der Waals surface area contributed by atoms with Crippen LogP contribution in [0.5, 0.6) is 0 Å². The highest BCUT2D eigenvalue weighted by molar-refractivity contribution is 7.91. The number of hydrogen-bond acceptors (Lipinski definition) is 5. The standard InChI is InChI=1S/C11H17ClN2O3S2/c12-10-13-6-9(18-10)19(16,17)14-7-11(8-15)4-2-1-3-5-11/h6,14-15H,1-5,7-8H2. The van der Waals surface area contributed by atoms with Crippen molar-refractivity contribution in [3.05, 3.63) is 10.7 Å². The Kier molecular flexibility index (Phi) is 4.84. The quantitative estimate of drug-likeness (QED) is 0.868. The Labute approximate surface area is 122 Å². The molecule has 0 bridgehead atoms. The van der Waals surface area contributed by atoms with Crippen LogP contribution in [0.25, 0.3) is 0 Å². The number of nitrogens with one attached hydrogen (secondary N) is 1. The molecule has 1 heterocycles. The average molecular weight is 325 g/mol. The molecule has 0 aromatic carbocycles. The molecule has 1 aromatic rings. The van der Waals surface area contributed by atoms with Gasteiger partial charge in [-0.15, -0.1) is 0 Å². The molecule has 0 unspecified atom stereocenters. The van der Waals surface area contributed by atoms with Gasteiger partial charge in [-0.1, -0.05) is 42.2 Å². The van der Waals surface area contributed by atoms with E-state index in [1.54, 1.807) is 0 Å². The lowest BCUT2D eigenvalue weighted by Crippen LogP contribution is -2.41. The number of aromatic nitrogens is 1. The molecule has 1 aliphatic carbocycles. The van der Waals surface area contributed by atoms with Gasteiger partial charge in [0.1, 0.15) is 0 Å². The first-order valence-electron chi connectivity index (χ1n) is 6.19. The molecule has 0 saturated heterocycles. The lowest BCUT2D eigenvalue weighted by atomic mass is 9.75. The first-order valence-corrected chi connectivity index (χ1v) is 8.87. The summed E-state index contributed by atoms with van der Waals surface area (Å²) in [7, 11) is -3.58. The fourth-order valence-electron chi connectivity index (χ4n) is 2.38. The van der Waals surface area contributed by atoms with E-state index in [4.69, 9.17) is 11.6 Å². The van der Waals surface area contributed by atoms with Gasteiger partial charge in [0.25, 0.3) is 10.0 Å². The summed E-state index contributed by atoms with van der Waals surface area (Å²) in [4.78, 5) is 3.73. The average Bonchev–Trinajstić information content (AvgIpc) is 2.85. The molecule has 0 aliphatic heterocycles. The van der Waals surface area contributed by atoms with E-state index in [-0.39, 0.29) is 27.2 Å². The van der Waals surface area contributed by atoms with E-state index in [1.165, 1.54) is 6.20 Å². The van der Waals surface area contributed by atoms with E-state index in [2.05, 4.69) is 9.71 Å². The third-order valence-corrected chi connectivity index (χ3v) is 6.59. The first-order chi connectivity index (χ1) is 8.97. The van der Waals surface area contributed by atoms with Gasteiger partial charge in [-0.2, -0.15) is 0 Å². The Morgan fingerprint density at radius 3 is 2.63 bits per heavy atom. The number of hydrogen-bond donors (Lipinski definition) is 2. The van der Waals surface area contributed by atoms with Gasteiger partial charge in [0, 0.05) is 18.6 Å². The molecule has 1 aromatic heterocycles. The number of aliphatic hydroxyl groups is 1. The maximum Gasteiger partial charge on any atom is 0.251 e. The van der Waals surface area contributed by atoms with E-state index in [1.807, 2.05) is 0 Å². The van der Waals surface area contributed by atoms with Crippen LogP contribution >= 0.6 is 22.9 Å². The minimum Gasteiger partial charge on any atom is -0.396 e. The molecule has 8 heteroatoms. The summed E-state index contributed by atoms with van der Waals surface area (Å²) in [6, 6.07) is 0. The molecule has 0 spiro atoms. The minimum atomic E-state index is -3.58. The van der Waals surface area contributed by atoms with Gasteiger partial charge < -0.3 is 5.11 Å². The van der Waals surface area contributed by atoms with Crippen LogP contribution in [-0.2, 0) is 10.0 Å². The fraction of sp³-hybridized carbons (Fsp3) is 0.727. The minimum absolute atomic E-state index is 0.0129. The molecule has 2 rings (SSSR count). The maximum absolute atomic E-state index is 12.1. The van der Waals surface area contributed by atoms with Crippen LogP contribution in [0.1, 0.15) is 32.1 Å². The van der Waals surface area contributed by atoms with Gasteiger partial charge >= 0.3 is 0 Å². The van der Waals surface area contributed by atoms with Crippen LogP contribution in [-0.4, -0.2) is 31.7 Å². The number of rotatable bonds is 5. The summed E-state index contributed by atoms with van der Waals surface area (Å²) in [5.41, 5.74) is -0.320. The summed E-state index contributed by atoms with van der Waals surface area (Å²) in [5, 5.41) is 9.55. The van der Waals surface area contributed by atoms with Crippen molar-refractivity contribution >= 4 is 33.0 Å². The Morgan fingerprint density at radius 1 is 1.42 bits per heavy atom. The lowest BCUT2D eigenvalue weighted by Gasteiger charge is -2.35. The van der Waals surface area contributed by atoms with Crippen molar-refractivity contribution in [1.82, 2.24) is 9.71 Å². The van der Waals surface area contributed by atoms with Crippen molar-refractivity contribution in [3.63, 3.8) is 0 Å². The summed E-state index contributed by atoms with van der Waals surface area (Å²) in [6.45, 7) is 0.278. The predicted molar refractivity (Wildman–Crippen MR) is 74.9 cm³/mol. The van der Waals surface area contributed by atoms with Crippen LogP contribution in [0.2, 0.25) is 4.47 Å². The highest BCUT2D eigenvalue weighted by Crippen LogP contribution is 2.35. The largest absolute Gasteiger partial charge is 0.396 e. The maximum atomic E-state index is 12.1. The van der Waals surface area contributed by atoms with Gasteiger partial charge in [0.2, 0.25) is 0 Å². The molecule has 0 radical (unpaired) electrons. The molecule has 19 heavy (non-hydrogen) atoms. The monoisotopic (exact) mass is 324 g/mol. The Hall–Kier alpha value is -0.210. The Bertz CT molecular complexity index is 524. The van der Waals surface area contributed by atoms with Gasteiger partial charge in [-0.05, 0) is 12.8 Å². The third-order valence-electron chi connectivity index (χ3n) is 3.61. The Morgan fingerprint density at radius 2 is 2.11 bits per heavy atom. The molecule has 0 amide bonds. The van der Waals surface area contributed by atoms with Crippen LogP contribution in [0.3, 0.4) is 0 Å².